The molecule has 0 fully saturated rings. The van der Waals surface area contributed by atoms with E-state index in [4.69, 9.17) is 0 Å². The van der Waals surface area contributed by atoms with Gasteiger partial charge in [-0.05, 0) is 42.4 Å². The van der Waals surface area contributed by atoms with Gasteiger partial charge in [-0.15, -0.1) is 4.91 Å². The number of benzene rings is 2. The minimum absolute atomic E-state index is 0.0161. The summed E-state index contributed by atoms with van der Waals surface area (Å²) in [6.07, 6.45) is -4.53. The molecule has 2 aromatic carbocycles. The number of aromatic nitrogens is 2. The first-order valence-electron chi connectivity index (χ1n) is 6.86. The quantitative estimate of drug-likeness (QED) is 0.663. The van der Waals surface area contributed by atoms with Crippen molar-refractivity contribution in [3.63, 3.8) is 0 Å². The lowest BCUT2D eigenvalue weighted by atomic mass is 10.1. The average Bonchev–Trinajstić information content (AvgIpc) is 2.53. The molecule has 0 N–H and O–H groups in total. The number of halogens is 3. The molecule has 0 unspecified atom stereocenters. The van der Waals surface area contributed by atoms with Crippen molar-refractivity contribution in [2.24, 2.45) is 5.18 Å². The predicted molar refractivity (Wildman–Crippen MR) is 82.5 cm³/mol. The molecule has 0 bridgehead atoms. The third-order valence-corrected chi connectivity index (χ3v) is 3.57. The number of nitrogens with zero attached hydrogens (tertiary/aromatic N) is 3. The van der Waals surface area contributed by atoms with Gasteiger partial charge in [0.2, 0.25) is 0 Å². The molecule has 0 radical (unpaired) electrons. The highest BCUT2D eigenvalue weighted by Crippen LogP contribution is 2.30. The summed E-state index contributed by atoms with van der Waals surface area (Å²) in [4.78, 5) is 27.8. The highest BCUT2D eigenvalue weighted by Gasteiger charge is 2.30. The van der Waals surface area contributed by atoms with Crippen LogP contribution < -0.4 is 5.56 Å². The van der Waals surface area contributed by atoms with E-state index < -0.39 is 17.3 Å². The lowest BCUT2D eigenvalue weighted by Crippen LogP contribution is -2.22. The van der Waals surface area contributed by atoms with Gasteiger partial charge in [0.05, 0.1) is 22.2 Å². The van der Waals surface area contributed by atoms with Crippen molar-refractivity contribution < 1.29 is 13.2 Å². The van der Waals surface area contributed by atoms with Gasteiger partial charge >= 0.3 is 6.18 Å². The zero-order valence-electron chi connectivity index (χ0n) is 12.3. The number of rotatable bonds is 2. The van der Waals surface area contributed by atoms with Gasteiger partial charge in [0, 0.05) is 0 Å². The first-order chi connectivity index (χ1) is 11.3. The zero-order chi connectivity index (χ0) is 17.5. The summed E-state index contributed by atoms with van der Waals surface area (Å²) in [6, 6.07) is 8.76. The van der Waals surface area contributed by atoms with Crippen LogP contribution in [0.5, 0.6) is 0 Å². The Bertz CT molecular complexity index is 1010. The SMILES string of the molecule is Cc1nc2cccc(N=O)c2c(=O)n1-c1cccc(C(F)(F)F)c1. The number of aryl methyl sites for hydroxylation is 1. The second-order valence-corrected chi connectivity index (χ2v) is 5.11. The van der Waals surface area contributed by atoms with Crippen LogP contribution >= 0.6 is 0 Å². The molecule has 3 rings (SSSR count). The van der Waals surface area contributed by atoms with E-state index in [2.05, 4.69) is 10.2 Å². The van der Waals surface area contributed by atoms with Gasteiger partial charge in [-0.2, -0.15) is 13.2 Å². The van der Waals surface area contributed by atoms with Gasteiger partial charge < -0.3 is 0 Å². The summed E-state index contributed by atoms with van der Waals surface area (Å²) in [7, 11) is 0. The number of alkyl halides is 3. The van der Waals surface area contributed by atoms with Crippen molar-refractivity contribution in [1.29, 1.82) is 0 Å². The highest BCUT2D eigenvalue weighted by atomic mass is 19.4. The van der Waals surface area contributed by atoms with E-state index >= 15 is 0 Å². The Morgan fingerprint density at radius 2 is 1.83 bits per heavy atom. The maximum absolute atomic E-state index is 12.9. The standard InChI is InChI=1S/C16H10F3N3O2/c1-9-20-12-6-3-7-13(21-24)14(12)15(23)22(9)11-5-2-4-10(8-11)16(17,18)19/h2-8H,1H3. The second kappa shape index (κ2) is 5.55. The fourth-order valence-electron chi connectivity index (χ4n) is 2.53. The van der Waals surface area contributed by atoms with E-state index in [9.17, 15) is 22.9 Å². The molecule has 0 atom stereocenters. The first-order valence-corrected chi connectivity index (χ1v) is 6.86. The molecular weight excluding hydrogens is 323 g/mol. The molecule has 0 aliphatic heterocycles. The van der Waals surface area contributed by atoms with Crippen molar-refractivity contribution in [1.82, 2.24) is 9.55 Å². The monoisotopic (exact) mass is 333 g/mol. The molecule has 0 saturated carbocycles. The van der Waals surface area contributed by atoms with Crippen molar-refractivity contribution in [3.8, 4) is 5.69 Å². The molecule has 3 aromatic rings. The van der Waals surface area contributed by atoms with E-state index in [-0.39, 0.29) is 28.1 Å². The summed E-state index contributed by atoms with van der Waals surface area (Å²) < 4.78 is 39.7. The third-order valence-electron chi connectivity index (χ3n) is 3.57. The minimum Gasteiger partial charge on any atom is -0.268 e. The van der Waals surface area contributed by atoms with Crippen LogP contribution in [0.4, 0.5) is 18.9 Å². The Kier molecular flexibility index (Phi) is 3.67. The topological polar surface area (TPSA) is 64.3 Å². The highest BCUT2D eigenvalue weighted by molar-refractivity contribution is 5.89. The van der Waals surface area contributed by atoms with Crippen LogP contribution in [0.1, 0.15) is 11.4 Å². The number of fused-ring (bicyclic) bond motifs is 1. The summed E-state index contributed by atoms with van der Waals surface area (Å²) in [5, 5.41) is 2.77. The van der Waals surface area contributed by atoms with Gasteiger partial charge in [0.25, 0.3) is 5.56 Å². The van der Waals surface area contributed by atoms with Crippen molar-refractivity contribution in [2.75, 3.05) is 0 Å². The van der Waals surface area contributed by atoms with Crippen LogP contribution in [0.3, 0.4) is 0 Å². The maximum atomic E-state index is 12.9. The fourth-order valence-corrected chi connectivity index (χ4v) is 2.53. The zero-order valence-corrected chi connectivity index (χ0v) is 12.3. The van der Waals surface area contributed by atoms with Crippen LogP contribution in [0, 0.1) is 11.8 Å². The molecule has 0 aliphatic rings. The Balaban J connectivity index is 2.35. The summed E-state index contributed by atoms with van der Waals surface area (Å²) in [5.41, 5.74) is -1.36. The molecular formula is C16H10F3N3O2. The van der Waals surface area contributed by atoms with E-state index in [0.717, 1.165) is 16.7 Å². The van der Waals surface area contributed by atoms with E-state index in [1.54, 1.807) is 0 Å². The molecule has 1 aromatic heterocycles. The molecule has 5 nitrogen and oxygen atoms in total. The van der Waals surface area contributed by atoms with Crippen molar-refractivity contribution >= 4 is 16.6 Å². The third kappa shape index (κ3) is 2.55. The first kappa shape index (κ1) is 15.9. The van der Waals surface area contributed by atoms with Crippen LogP contribution in [0.25, 0.3) is 16.6 Å². The van der Waals surface area contributed by atoms with Crippen molar-refractivity contribution in [2.45, 2.75) is 13.1 Å². The van der Waals surface area contributed by atoms with Crippen LogP contribution in [0.15, 0.2) is 52.4 Å². The molecule has 0 saturated heterocycles. The Morgan fingerprint density at radius 1 is 1.12 bits per heavy atom. The van der Waals surface area contributed by atoms with Gasteiger partial charge in [-0.25, -0.2) is 4.98 Å². The van der Waals surface area contributed by atoms with Gasteiger partial charge in [-0.1, -0.05) is 12.1 Å². The normalized spacial score (nSPS) is 11.7. The van der Waals surface area contributed by atoms with E-state index in [1.807, 2.05) is 0 Å². The number of hydrogen-bond acceptors (Lipinski definition) is 4. The molecule has 8 heteroatoms. The van der Waals surface area contributed by atoms with Crippen LogP contribution in [-0.4, -0.2) is 9.55 Å². The van der Waals surface area contributed by atoms with Gasteiger partial charge in [0.15, 0.2) is 0 Å². The lowest BCUT2D eigenvalue weighted by molar-refractivity contribution is -0.137. The minimum atomic E-state index is -4.53. The molecule has 24 heavy (non-hydrogen) atoms. The lowest BCUT2D eigenvalue weighted by Gasteiger charge is -2.13. The van der Waals surface area contributed by atoms with Crippen LogP contribution in [-0.2, 0) is 6.18 Å². The van der Waals surface area contributed by atoms with Gasteiger partial charge in [-0.3, -0.25) is 9.36 Å². The van der Waals surface area contributed by atoms with Crippen molar-refractivity contribution in [3.05, 3.63) is 69.1 Å². The molecule has 1 heterocycles. The maximum Gasteiger partial charge on any atom is 0.416 e. The van der Waals surface area contributed by atoms with E-state index in [1.165, 1.54) is 37.3 Å². The van der Waals surface area contributed by atoms with E-state index in [0.29, 0.717) is 0 Å². The second-order valence-electron chi connectivity index (χ2n) is 5.11. The smallest absolute Gasteiger partial charge is 0.268 e. The molecule has 0 amide bonds. The average molecular weight is 333 g/mol. The van der Waals surface area contributed by atoms with Crippen LogP contribution in [0.2, 0.25) is 0 Å². The predicted octanol–water partition coefficient (Wildman–Crippen LogP) is 4.11. The molecule has 122 valence electrons. The number of nitroso groups, excluding NO2 is 1. The summed E-state index contributed by atoms with van der Waals surface area (Å²) in [6.45, 7) is 1.50. The Labute approximate surface area is 133 Å². The summed E-state index contributed by atoms with van der Waals surface area (Å²) in [5.74, 6) is 0.204. The molecule has 0 aliphatic carbocycles. The fraction of sp³-hybridized carbons (Fsp3) is 0.125. The molecule has 0 spiro atoms. The summed E-state index contributed by atoms with van der Waals surface area (Å²) >= 11 is 0. The largest absolute Gasteiger partial charge is 0.416 e. The Hall–Kier alpha value is -3.03. The Morgan fingerprint density at radius 3 is 2.50 bits per heavy atom. The number of hydrogen-bond donors (Lipinski definition) is 0. The van der Waals surface area contributed by atoms with Gasteiger partial charge in [0.1, 0.15) is 11.5 Å².